The highest BCUT2D eigenvalue weighted by atomic mass is 16.5. The molecule has 0 spiro atoms. The second-order valence-corrected chi connectivity index (χ2v) is 4.94. The Morgan fingerprint density at radius 2 is 1.73 bits per heavy atom. The number of amides is 1. The number of aliphatic hydroxyl groups excluding tert-OH is 1. The number of aliphatic hydroxyl groups is 1. The molecular weight excluding hydrogens is 284 g/mol. The van der Waals surface area contributed by atoms with Crippen LogP contribution in [0.4, 0.5) is 11.4 Å². The predicted octanol–water partition coefficient (Wildman–Crippen LogP) is 1.76. The highest BCUT2D eigenvalue weighted by Crippen LogP contribution is 2.36. The monoisotopic (exact) mass is 300 g/mol. The van der Waals surface area contributed by atoms with E-state index >= 15 is 0 Å². The zero-order chi connectivity index (χ0) is 15.7. The van der Waals surface area contributed by atoms with Crippen LogP contribution in [-0.4, -0.2) is 29.6 Å². The summed E-state index contributed by atoms with van der Waals surface area (Å²) >= 11 is 0. The van der Waals surface area contributed by atoms with Crippen LogP contribution in [0, 0.1) is 0 Å². The van der Waals surface area contributed by atoms with Crippen LogP contribution in [-0.2, 0) is 11.3 Å². The van der Waals surface area contributed by atoms with Crippen LogP contribution in [0.25, 0.3) is 0 Å². The average molecular weight is 300 g/mol. The summed E-state index contributed by atoms with van der Waals surface area (Å²) in [6.07, 6.45) is -1.62. The van der Waals surface area contributed by atoms with Crippen molar-refractivity contribution in [3.05, 3.63) is 54.1 Å². The summed E-state index contributed by atoms with van der Waals surface area (Å²) in [5.41, 5.74) is 1.72. The van der Waals surface area contributed by atoms with Crippen molar-refractivity contribution in [1.29, 1.82) is 0 Å². The number of hydrogen-bond acceptors (Lipinski definition) is 5. The van der Waals surface area contributed by atoms with Gasteiger partial charge in [-0.2, -0.15) is 0 Å². The molecule has 2 aromatic rings. The van der Waals surface area contributed by atoms with E-state index in [2.05, 4.69) is 0 Å². The second kappa shape index (κ2) is 5.67. The van der Waals surface area contributed by atoms with Gasteiger partial charge in [0.05, 0.1) is 25.0 Å². The van der Waals surface area contributed by atoms with Crippen molar-refractivity contribution < 1.29 is 19.8 Å². The normalized spacial score (nSPS) is 17.4. The summed E-state index contributed by atoms with van der Waals surface area (Å²) in [4.78, 5) is 13.8. The van der Waals surface area contributed by atoms with E-state index < -0.39 is 12.1 Å². The molecule has 1 aliphatic rings. The molecule has 1 heterocycles. The van der Waals surface area contributed by atoms with Gasteiger partial charge in [0.2, 0.25) is 6.23 Å². The Hall–Kier alpha value is -2.57. The van der Waals surface area contributed by atoms with Gasteiger partial charge >= 0.3 is 0 Å². The smallest absolute Gasteiger partial charge is 0.279 e. The number of nitrogens with zero attached hydrogens (tertiary/aromatic N) is 2. The van der Waals surface area contributed by atoms with Crippen LogP contribution < -0.4 is 14.7 Å². The van der Waals surface area contributed by atoms with Crippen LogP contribution in [0.3, 0.4) is 0 Å². The fourth-order valence-corrected chi connectivity index (χ4v) is 2.55. The van der Waals surface area contributed by atoms with Crippen LogP contribution >= 0.6 is 0 Å². The van der Waals surface area contributed by atoms with Gasteiger partial charge in [0.15, 0.2) is 0 Å². The summed E-state index contributed by atoms with van der Waals surface area (Å²) in [7, 11) is 1.56. The average Bonchev–Trinajstić information content (AvgIpc) is 2.57. The summed E-state index contributed by atoms with van der Waals surface area (Å²) in [5.74, 6) is 0.0702. The van der Waals surface area contributed by atoms with Gasteiger partial charge in [-0.05, 0) is 18.2 Å². The lowest BCUT2D eigenvalue weighted by atomic mass is 10.1. The minimum atomic E-state index is -1.62. The van der Waals surface area contributed by atoms with E-state index in [-0.39, 0.29) is 6.54 Å². The molecule has 0 aliphatic carbocycles. The lowest BCUT2D eigenvalue weighted by Gasteiger charge is -2.37. The van der Waals surface area contributed by atoms with Gasteiger partial charge in [-0.3, -0.25) is 10.0 Å². The topological polar surface area (TPSA) is 73.2 Å². The van der Waals surface area contributed by atoms with E-state index in [1.165, 1.54) is 4.90 Å². The molecule has 114 valence electrons. The van der Waals surface area contributed by atoms with Crippen molar-refractivity contribution in [1.82, 2.24) is 0 Å². The third-order valence-corrected chi connectivity index (χ3v) is 3.66. The first kappa shape index (κ1) is 14.4. The maximum atomic E-state index is 12.3. The summed E-state index contributed by atoms with van der Waals surface area (Å²) in [6, 6.07) is 14.2. The predicted molar refractivity (Wildman–Crippen MR) is 80.9 cm³/mol. The maximum Gasteiger partial charge on any atom is 0.279 e. The van der Waals surface area contributed by atoms with E-state index in [1.54, 1.807) is 31.4 Å². The largest absolute Gasteiger partial charge is 0.496 e. The number of ether oxygens (including phenoxy) is 1. The van der Waals surface area contributed by atoms with Gasteiger partial charge in [-0.15, -0.1) is 0 Å². The number of hydroxylamine groups is 1. The van der Waals surface area contributed by atoms with Crippen molar-refractivity contribution >= 4 is 17.3 Å². The molecule has 1 atom stereocenters. The Morgan fingerprint density at radius 3 is 2.45 bits per heavy atom. The standard InChI is InChI=1S/C16H16N2O4/c1-22-14-9-5-2-6-11(14)10-17-12-7-3-4-8-13(12)18(21)16(20)15(17)19/h2-9,16,20-21H,10H2,1H3. The molecule has 1 aliphatic heterocycles. The van der Waals surface area contributed by atoms with Crippen LogP contribution in [0.5, 0.6) is 5.75 Å². The lowest BCUT2D eigenvalue weighted by Crippen LogP contribution is -2.52. The fourth-order valence-electron chi connectivity index (χ4n) is 2.55. The number of carbonyl (C=O) groups is 1. The molecule has 0 aromatic heterocycles. The SMILES string of the molecule is COc1ccccc1CN1C(=O)C(O)N(O)c2ccccc21. The van der Waals surface area contributed by atoms with Gasteiger partial charge in [0, 0.05) is 5.56 Å². The highest BCUT2D eigenvalue weighted by molar-refractivity contribution is 6.03. The second-order valence-electron chi connectivity index (χ2n) is 4.94. The summed E-state index contributed by atoms with van der Waals surface area (Å²) in [6.45, 7) is 0.241. The molecule has 0 bridgehead atoms. The Kier molecular flexibility index (Phi) is 3.70. The van der Waals surface area contributed by atoms with E-state index in [0.717, 1.165) is 5.56 Å². The van der Waals surface area contributed by atoms with Crippen LogP contribution in [0.15, 0.2) is 48.5 Å². The van der Waals surface area contributed by atoms with Crippen molar-refractivity contribution in [3.8, 4) is 5.75 Å². The number of benzene rings is 2. The highest BCUT2D eigenvalue weighted by Gasteiger charge is 2.36. The van der Waals surface area contributed by atoms with Gasteiger partial charge in [-0.25, -0.2) is 5.06 Å². The number of methoxy groups -OCH3 is 1. The molecule has 1 unspecified atom stereocenters. The maximum absolute atomic E-state index is 12.3. The van der Waals surface area contributed by atoms with E-state index in [9.17, 15) is 15.1 Å². The molecule has 6 heteroatoms. The van der Waals surface area contributed by atoms with Crippen LogP contribution in [0.1, 0.15) is 5.56 Å². The van der Waals surface area contributed by atoms with Crippen molar-refractivity contribution in [2.75, 3.05) is 17.1 Å². The molecule has 2 N–H and O–H groups in total. The molecular formula is C16H16N2O4. The molecule has 22 heavy (non-hydrogen) atoms. The minimum Gasteiger partial charge on any atom is -0.496 e. The third kappa shape index (κ3) is 2.28. The van der Waals surface area contributed by atoms with Crippen molar-refractivity contribution in [3.63, 3.8) is 0 Å². The molecule has 0 saturated carbocycles. The fraction of sp³-hybridized carbons (Fsp3) is 0.188. The number of anilines is 2. The van der Waals surface area contributed by atoms with E-state index in [4.69, 9.17) is 4.74 Å². The molecule has 0 fully saturated rings. The first-order chi connectivity index (χ1) is 10.6. The van der Waals surface area contributed by atoms with Crippen molar-refractivity contribution in [2.45, 2.75) is 12.8 Å². The van der Waals surface area contributed by atoms with Gasteiger partial charge < -0.3 is 14.7 Å². The molecule has 1 amide bonds. The molecule has 0 radical (unpaired) electrons. The third-order valence-electron chi connectivity index (χ3n) is 3.66. The molecule has 3 rings (SSSR count). The Labute approximate surface area is 127 Å². The Bertz CT molecular complexity index is 704. The summed E-state index contributed by atoms with van der Waals surface area (Å²) < 4.78 is 5.30. The van der Waals surface area contributed by atoms with Crippen molar-refractivity contribution in [2.24, 2.45) is 0 Å². The number of fused-ring (bicyclic) bond motifs is 1. The van der Waals surface area contributed by atoms with Crippen LogP contribution in [0.2, 0.25) is 0 Å². The first-order valence-corrected chi connectivity index (χ1v) is 6.82. The zero-order valence-corrected chi connectivity index (χ0v) is 12.0. The van der Waals surface area contributed by atoms with E-state index in [0.29, 0.717) is 22.2 Å². The van der Waals surface area contributed by atoms with Gasteiger partial charge in [0.1, 0.15) is 5.75 Å². The molecule has 0 saturated heterocycles. The van der Waals surface area contributed by atoms with E-state index in [1.807, 2.05) is 24.3 Å². The summed E-state index contributed by atoms with van der Waals surface area (Å²) in [5, 5.41) is 20.4. The number of rotatable bonds is 3. The van der Waals surface area contributed by atoms with Gasteiger partial charge in [0.25, 0.3) is 5.91 Å². The first-order valence-electron chi connectivity index (χ1n) is 6.82. The Balaban J connectivity index is 2.02. The zero-order valence-electron chi connectivity index (χ0n) is 12.0. The molecule has 6 nitrogen and oxygen atoms in total. The molecule has 2 aromatic carbocycles. The quantitative estimate of drug-likeness (QED) is 0.903. The number of hydrogen-bond donors (Lipinski definition) is 2. The number of para-hydroxylation sites is 3. The minimum absolute atomic E-state index is 0.241. The number of carbonyl (C=O) groups excluding carboxylic acids is 1. The van der Waals surface area contributed by atoms with Gasteiger partial charge in [-0.1, -0.05) is 30.3 Å². The lowest BCUT2D eigenvalue weighted by molar-refractivity contribution is -0.130. The Morgan fingerprint density at radius 1 is 1.09 bits per heavy atom.